The Morgan fingerprint density at radius 1 is 1.47 bits per heavy atom. The van der Waals surface area contributed by atoms with Crippen molar-refractivity contribution in [2.45, 2.75) is 58.0 Å². The zero-order valence-corrected chi connectivity index (χ0v) is 10.7. The topological polar surface area (TPSA) is 24.9 Å². The van der Waals surface area contributed by atoms with Crippen molar-refractivity contribution in [3.63, 3.8) is 0 Å². The van der Waals surface area contributed by atoms with Gasteiger partial charge in [-0.2, -0.15) is 0 Å². The predicted octanol–water partition coefficient (Wildman–Crippen LogP) is 3.30. The molecule has 15 heavy (non-hydrogen) atoms. The van der Waals surface area contributed by atoms with E-state index in [-0.39, 0.29) is 5.54 Å². The minimum atomic E-state index is 0.195. The van der Waals surface area contributed by atoms with Crippen molar-refractivity contribution in [1.82, 2.24) is 10.3 Å². The average Bonchev–Trinajstić information content (AvgIpc) is 2.45. The van der Waals surface area contributed by atoms with Crippen LogP contribution in [0.25, 0.3) is 0 Å². The number of hydrogen-bond donors (Lipinski definition) is 1. The number of hydrogen-bond acceptors (Lipinski definition) is 3. The van der Waals surface area contributed by atoms with Gasteiger partial charge < -0.3 is 5.32 Å². The van der Waals surface area contributed by atoms with Crippen molar-refractivity contribution in [3.8, 4) is 0 Å². The molecule has 1 fully saturated rings. The summed E-state index contributed by atoms with van der Waals surface area (Å²) in [6.45, 7) is 7.54. The first-order chi connectivity index (χ1) is 7.04. The highest BCUT2D eigenvalue weighted by molar-refractivity contribution is 7.11. The van der Waals surface area contributed by atoms with Crippen LogP contribution in [0.3, 0.4) is 0 Å². The highest BCUT2D eigenvalue weighted by Gasteiger charge is 2.22. The fraction of sp³-hybridized carbons (Fsp3) is 0.750. The summed E-state index contributed by atoms with van der Waals surface area (Å²) in [7, 11) is 0. The van der Waals surface area contributed by atoms with Crippen LogP contribution in [0.4, 0.5) is 0 Å². The van der Waals surface area contributed by atoms with Crippen LogP contribution in [-0.2, 0) is 6.54 Å². The predicted molar refractivity (Wildman–Crippen MR) is 65.3 cm³/mol. The van der Waals surface area contributed by atoms with Crippen LogP contribution >= 0.6 is 11.3 Å². The molecule has 2 rings (SSSR count). The second-order valence-electron chi connectivity index (χ2n) is 5.40. The quantitative estimate of drug-likeness (QED) is 0.852. The SMILES string of the molecule is CC(C)(C)NCc1cnc(C2CCC2)s1. The van der Waals surface area contributed by atoms with E-state index < -0.39 is 0 Å². The molecule has 0 aliphatic heterocycles. The molecule has 1 aliphatic carbocycles. The third-order valence-electron chi connectivity index (χ3n) is 2.82. The molecule has 0 amide bonds. The Balaban J connectivity index is 1.89. The normalized spacial score (nSPS) is 17.8. The minimum Gasteiger partial charge on any atom is -0.307 e. The van der Waals surface area contributed by atoms with Crippen LogP contribution in [0.1, 0.15) is 55.8 Å². The molecule has 0 bridgehead atoms. The summed E-state index contributed by atoms with van der Waals surface area (Å²) >= 11 is 1.88. The van der Waals surface area contributed by atoms with Gasteiger partial charge in [0.2, 0.25) is 0 Å². The van der Waals surface area contributed by atoms with E-state index in [0.717, 1.165) is 12.5 Å². The second kappa shape index (κ2) is 4.22. The number of aromatic nitrogens is 1. The molecule has 1 aromatic rings. The largest absolute Gasteiger partial charge is 0.307 e. The van der Waals surface area contributed by atoms with Gasteiger partial charge in [-0.3, -0.25) is 0 Å². The van der Waals surface area contributed by atoms with Crippen LogP contribution in [0.15, 0.2) is 6.20 Å². The van der Waals surface area contributed by atoms with Gasteiger partial charge >= 0.3 is 0 Å². The summed E-state index contributed by atoms with van der Waals surface area (Å²) in [5.74, 6) is 0.776. The van der Waals surface area contributed by atoms with Crippen molar-refractivity contribution in [1.29, 1.82) is 0 Å². The number of rotatable bonds is 3. The molecule has 1 heterocycles. The third-order valence-corrected chi connectivity index (χ3v) is 3.98. The zero-order chi connectivity index (χ0) is 10.9. The molecule has 1 saturated carbocycles. The fourth-order valence-electron chi connectivity index (χ4n) is 1.60. The molecule has 0 radical (unpaired) electrons. The maximum atomic E-state index is 4.52. The molecule has 1 aromatic heterocycles. The van der Waals surface area contributed by atoms with Gasteiger partial charge in [-0.15, -0.1) is 11.3 Å². The molecule has 0 saturated heterocycles. The minimum absolute atomic E-state index is 0.195. The lowest BCUT2D eigenvalue weighted by atomic mass is 9.86. The summed E-state index contributed by atoms with van der Waals surface area (Å²) in [5, 5.41) is 4.85. The first kappa shape index (κ1) is 11.1. The Labute approximate surface area is 96.1 Å². The maximum absolute atomic E-state index is 4.52. The van der Waals surface area contributed by atoms with Gasteiger partial charge in [0.25, 0.3) is 0 Å². The van der Waals surface area contributed by atoms with Gasteiger partial charge in [0.1, 0.15) is 0 Å². The van der Waals surface area contributed by atoms with Gasteiger partial charge in [-0.05, 0) is 33.6 Å². The smallest absolute Gasteiger partial charge is 0.0959 e. The van der Waals surface area contributed by atoms with E-state index in [2.05, 4.69) is 31.1 Å². The first-order valence-corrected chi connectivity index (χ1v) is 6.56. The number of nitrogens with zero attached hydrogens (tertiary/aromatic N) is 1. The van der Waals surface area contributed by atoms with Crippen molar-refractivity contribution >= 4 is 11.3 Å². The first-order valence-electron chi connectivity index (χ1n) is 5.74. The average molecular weight is 224 g/mol. The standard InChI is InChI=1S/C12H20N2S/c1-12(2,3)14-8-10-7-13-11(15-10)9-5-4-6-9/h7,9,14H,4-6,8H2,1-3H3. The highest BCUT2D eigenvalue weighted by Crippen LogP contribution is 2.38. The van der Waals surface area contributed by atoms with Gasteiger partial charge in [-0.1, -0.05) is 6.42 Å². The number of nitrogens with one attached hydrogen (secondary N) is 1. The zero-order valence-electron chi connectivity index (χ0n) is 9.84. The molecule has 0 atom stereocenters. The molecule has 0 unspecified atom stereocenters. The summed E-state index contributed by atoms with van der Waals surface area (Å²) in [4.78, 5) is 5.88. The molecular formula is C12H20N2S. The summed E-state index contributed by atoms with van der Waals surface area (Å²) in [6.07, 6.45) is 6.12. The third kappa shape index (κ3) is 3.02. The molecule has 1 aliphatic rings. The van der Waals surface area contributed by atoms with Gasteiger partial charge in [-0.25, -0.2) is 4.98 Å². The van der Waals surface area contributed by atoms with Gasteiger partial charge in [0.15, 0.2) is 0 Å². The summed E-state index contributed by atoms with van der Waals surface area (Å²) in [6, 6.07) is 0. The van der Waals surface area contributed by atoms with Gasteiger partial charge in [0, 0.05) is 29.1 Å². The van der Waals surface area contributed by atoms with E-state index in [9.17, 15) is 0 Å². The van der Waals surface area contributed by atoms with Crippen LogP contribution in [-0.4, -0.2) is 10.5 Å². The molecule has 2 nitrogen and oxygen atoms in total. The van der Waals surface area contributed by atoms with E-state index in [4.69, 9.17) is 0 Å². The Kier molecular flexibility index (Phi) is 3.12. The van der Waals surface area contributed by atoms with Gasteiger partial charge in [0.05, 0.1) is 5.01 Å². The van der Waals surface area contributed by atoms with Crippen molar-refractivity contribution < 1.29 is 0 Å². The molecule has 0 aromatic carbocycles. The molecular weight excluding hydrogens is 204 g/mol. The van der Waals surface area contributed by atoms with E-state index in [1.165, 1.54) is 29.1 Å². The van der Waals surface area contributed by atoms with Crippen LogP contribution in [0, 0.1) is 0 Å². The Morgan fingerprint density at radius 2 is 2.20 bits per heavy atom. The lowest BCUT2D eigenvalue weighted by Gasteiger charge is -2.22. The Bertz CT molecular complexity index is 321. The molecule has 3 heteroatoms. The number of thiazole rings is 1. The highest BCUT2D eigenvalue weighted by atomic mass is 32.1. The molecule has 0 spiro atoms. The van der Waals surface area contributed by atoms with Crippen LogP contribution in [0.2, 0.25) is 0 Å². The monoisotopic (exact) mass is 224 g/mol. The van der Waals surface area contributed by atoms with E-state index >= 15 is 0 Å². The molecule has 84 valence electrons. The van der Waals surface area contributed by atoms with Crippen molar-refractivity contribution in [2.24, 2.45) is 0 Å². The second-order valence-corrected chi connectivity index (χ2v) is 6.54. The molecule has 1 N–H and O–H groups in total. The van der Waals surface area contributed by atoms with Crippen LogP contribution in [0.5, 0.6) is 0 Å². The van der Waals surface area contributed by atoms with Crippen molar-refractivity contribution in [2.75, 3.05) is 0 Å². The van der Waals surface area contributed by atoms with E-state index in [1.54, 1.807) is 0 Å². The maximum Gasteiger partial charge on any atom is 0.0959 e. The van der Waals surface area contributed by atoms with Crippen LogP contribution < -0.4 is 5.32 Å². The summed E-state index contributed by atoms with van der Waals surface area (Å²) in [5.41, 5.74) is 0.195. The Hall–Kier alpha value is -0.410. The van der Waals surface area contributed by atoms with E-state index in [0.29, 0.717) is 0 Å². The van der Waals surface area contributed by atoms with E-state index in [1.807, 2.05) is 17.5 Å². The summed E-state index contributed by atoms with van der Waals surface area (Å²) < 4.78 is 0. The Morgan fingerprint density at radius 3 is 2.73 bits per heavy atom. The fourth-order valence-corrected chi connectivity index (χ4v) is 2.63. The van der Waals surface area contributed by atoms with Crippen molar-refractivity contribution in [3.05, 3.63) is 16.1 Å². The lowest BCUT2D eigenvalue weighted by Crippen LogP contribution is -2.34. The lowest BCUT2D eigenvalue weighted by molar-refractivity contribution is 0.418.